The highest BCUT2D eigenvalue weighted by atomic mass is 16.5. The van der Waals surface area contributed by atoms with Gasteiger partial charge in [-0.25, -0.2) is 4.98 Å². The van der Waals surface area contributed by atoms with Gasteiger partial charge in [0.2, 0.25) is 0 Å². The van der Waals surface area contributed by atoms with Gasteiger partial charge in [0.15, 0.2) is 0 Å². The Hall–Kier alpha value is -3.54. The summed E-state index contributed by atoms with van der Waals surface area (Å²) in [6.07, 6.45) is 10.8. The second-order valence-electron chi connectivity index (χ2n) is 9.04. The maximum absolute atomic E-state index is 13.6. The molecule has 0 saturated carbocycles. The van der Waals surface area contributed by atoms with Crippen molar-refractivity contribution >= 4 is 17.7 Å². The van der Waals surface area contributed by atoms with Crippen molar-refractivity contribution in [1.29, 1.82) is 0 Å². The van der Waals surface area contributed by atoms with Crippen LogP contribution < -0.4 is 10.5 Å². The minimum Gasteiger partial charge on any atom is -0.495 e. The summed E-state index contributed by atoms with van der Waals surface area (Å²) in [7, 11) is 1.67. The summed E-state index contributed by atoms with van der Waals surface area (Å²) in [6.45, 7) is 1.96. The zero-order valence-corrected chi connectivity index (χ0v) is 19.2. The number of nitrogens with two attached hydrogens (primary N) is 1. The first kappa shape index (κ1) is 21.3. The first-order valence-electron chi connectivity index (χ1n) is 11.6. The average molecular weight is 443 g/mol. The number of rotatable bonds is 4. The van der Waals surface area contributed by atoms with Gasteiger partial charge in [0, 0.05) is 23.5 Å². The zero-order chi connectivity index (χ0) is 22.9. The van der Waals surface area contributed by atoms with E-state index < -0.39 is 0 Å². The minimum atomic E-state index is 0.113. The maximum Gasteiger partial charge on any atom is 0.250 e. The molecule has 3 aromatic rings. The quantitative estimate of drug-likeness (QED) is 0.452. The smallest absolute Gasteiger partial charge is 0.250 e. The van der Waals surface area contributed by atoms with Crippen LogP contribution in [0.2, 0.25) is 0 Å². The van der Waals surface area contributed by atoms with Crippen LogP contribution in [0, 0.1) is 6.92 Å². The Morgan fingerprint density at radius 2 is 1.94 bits per heavy atom. The van der Waals surface area contributed by atoms with Crippen molar-refractivity contribution in [2.75, 3.05) is 12.8 Å². The van der Waals surface area contributed by atoms with Crippen LogP contribution in [0.15, 0.2) is 60.6 Å². The van der Waals surface area contributed by atoms with Crippen LogP contribution in [0.25, 0.3) is 11.8 Å². The fraction of sp³-hybridized carbons (Fsp3) is 0.333. The van der Waals surface area contributed by atoms with Gasteiger partial charge in [-0.1, -0.05) is 18.2 Å². The number of aryl methyl sites for hydroxylation is 1. The molecule has 2 N–H and O–H groups in total. The van der Waals surface area contributed by atoms with E-state index in [-0.39, 0.29) is 11.9 Å². The van der Waals surface area contributed by atoms with Gasteiger partial charge >= 0.3 is 0 Å². The highest BCUT2D eigenvalue weighted by Gasteiger charge is 2.39. The number of fused-ring (bicyclic) bond motifs is 1. The molecule has 2 aliphatic rings. The number of anilines is 1. The number of nitrogens with zero attached hydrogens (tertiary/aromatic N) is 3. The lowest BCUT2D eigenvalue weighted by molar-refractivity contribution is -0.136. The standard InChI is InChI=1S/C27H30N4O2/c1-18-16-30(17-29-18)25-13-6-19(15-26(25)33-2)14-21-9-12-23-4-3-5-24(31(23)27(21)32)20-7-10-22(28)11-8-20/h6-8,10-11,13-17,23-24H,3-5,9,12,28H2,1-2H3/t23-,24?/m1/s1. The molecule has 1 unspecified atom stereocenters. The van der Waals surface area contributed by atoms with Crippen molar-refractivity contribution in [3.8, 4) is 11.4 Å². The Bertz CT molecular complexity index is 1200. The van der Waals surface area contributed by atoms with Gasteiger partial charge in [-0.15, -0.1) is 0 Å². The Balaban J connectivity index is 1.44. The Morgan fingerprint density at radius 3 is 2.67 bits per heavy atom. The number of carbonyl (C=O) groups is 1. The van der Waals surface area contributed by atoms with E-state index in [9.17, 15) is 4.79 Å². The van der Waals surface area contributed by atoms with Crippen molar-refractivity contribution in [3.63, 3.8) is 0 Å². The molecule has 2 fully saturated rings. The van der Waals surface area contributed by atoms with Gasteiger partial charge in [-0.3, -0.25) is 4.79 Å². The number of methoxy groups -OCH3 is 1. The van der Waals surface area contributed by atoms with E-state index >= 15 is 0 Å². The summed E-state index contributed by atoms with van der Waals surface area (Å²) in [5.74, 6) is 0.904. The number of amides is 1. The molecule has 0 spiro atoms. The predicted molar refractivity (Wildman–Crippen MR) is 130 cm³/mol. The number of ether oxygens (including phenoxy) is 1. The summed E-state index contributed by atoms with van der Waals surface area (Å²) in [6, 6.07) is 14.5. The van der Waals surface area contributed by atoms with Crippen molar-refractivity contribution in [3.05, 3.63) is 77.4 Å². The molecular weight excluding hydrogens is 412 g/mol. The number of piperidine rings is 2. The third kappa shape index (κ3) is 4.13. The molecule has 3 heterocycles. The number of imidazole rings is 1. The molecule has 1 amide bonds. The van der Waals surface area contributed by atoms with Crippen molar-refractivity contribution < 1.29 is 9.53 Å². The second-order valence-corrected chi connectivity index (χ2v) is 9.04. The number of carbonyl (C=O) groups excluding carboxylic acids is 1. The van der Waals surface area contributed by atoms with E-state index in [1.807, 2.05) is 54.1 Å². The largest absolute Gasteiger partial charge is 0.495 e. The first-order valence-corrected chi connectivity index (χ1v) is 11.6. The molecule has 170 valence electrons. The van der Waals surface area contributed by atoms with E-state index in [0.717, 1.165) is 66.1 Å². The van der Waals surface area contributed by atoms with Crippen LogP contribution in [0.5, 0.6) is 5.75 Å². The molecule has 1 aromatic heterocycles. The molecule has 33 heavy (non-hydrogen) atoms. The highest BCUT2D eigenvalue weighted by Crippen LogP contribution is 2.41. The molecule has 2 aromatic carbocycles. The molecule has 5 rings (SSSR count). The number of hydrogen-bond donors (Lipinski definition) is 1. The molecule has 0 radical (unpaired) electrons. The van der Waals surface area contributed by atoms with Crippen molar-refractivity contribution in [2.45, 2.75) is 51.1 Å². The van der Waals surface area contributed by atoms with Gasteiger partial charge in [0.05, 0.1) is 30.9 Å². The molecule has 0 bridgehead atoms. The summed E-state index contributed by atoms with van der Waals surface area (Å²) in [4.78, 5) is 20.1. The van der Waals surface area contributed by atoms with Crippen LogP contribution in [-0.2, 0) is 4.79 Å². The normalized spacial score (nSPS) is 21.8. The third-order valence-corrected chi connectivity index (χ3v) is 6.86. The highest BCUT2D eigenvalue weighted by molar-refractivity contribution is 5.99. The molecule has 2 atom stereocenters. The zero-order valence-electron chi connectivity index (χ0n) is 19.2. The first-order chi connectivity index (χ1) is 16.0. The molecule has 0 aliphatic carbocycles. The number of nitrogen functional groups attached to an aromatic ring is 1. The fourth-order valence-corrected chi connectivity index (χ4v) is 5.20. The molecule has 2 aliphatic heterocycles. The summed E-state index contributed by atoms with van der Waals surface area (Å²) in [5.41, 5.74) is 11.5. The van der Waals surface area contributed by atoms with E-state index in [1.165, 1.54) is 5.56 Å². The van der Waals surface area contributed by atoms with Crippen LogP contribution in [0.3, 0.4) is 0 Å². The van der Waals surface area contributed by atoms with Gasteiger partial charge in [0.1, 0.15) is 5.75 Å². The minimum absolute atomic E-state index is 0.113. The second kappa shape index (κ2) is 8.77. The molecule has 6 nitrogen and oxygen atoms in total. The van der Waals surface area contributed by atoms with E-state index in [0.29, 0.717) is 6.04 Å². The molecule has 2 saturated heterocycles. The predicted octanol–water partition coefficient (Wildman–Crippen LogP) is 5.07. The van der Waals surface area contributed by atoms with Crippen LogP contribution in [0.1, 0.15) is 55.0 Å². The van der Waals surface area contributed by atoms with Crippen LogP contribution in [-0.4, -0.2) is 33.5 Å². The Kier molecular flexibility index (Phi) is 5.67. The summed E-state index contributed by atoms with van der Waals surface area (Å²) in [5, 5.41) is 0. The third-order valence-electron chi connectivity index (χ3n) is 6.86. The Labute approximate surface area is 194 Å². The fourth-order valence-electron chi connectivity index (χ4n) is 5.20. The van der Waals surface area contributed by atoms with E-state index in [2.05, 4.69) is 22.0 Å². The SMILES string of the molecule is COc1cc(C=C2CC[C@H]3CCCC(c4ccc(N)cc4)N3C2=O)ccc1-n1cnc(C)c1. The van der Waals surface area contributed by atoms with Gasteiger partial charge in [-0.2, -0.15) is 0 Å². The lowest BCUT2D eigenvalue weighted by Gasteiger charge is -2.46. The number of hydrogen-bond acceptors (Lipinski definition) is 4. The summed E-state index contributed by atoms with van der Waals surface area (Å²) >= 11 is 0. The molecule has 6 heteroatoms. The van der Waals surface area contributed by atoms with Gasteiger partial charge in [-0.05, 0) is 80.5 Å². The van der Waals surface area contributed by atoms with Crippen molar-refractivity contribution in [1.82, 2.24) is 14.5 Å². The lowest BCUT2D eigenvalue weighted by atomic mass is 9.84. The summed E-state index contributed by atoms with van der Waals surface area (Å²) < 4.78 is 7.60. The monoisotopic (exact) mass is 442 g/mol. The maximum atomic E-state index is 13.6. The van der Waals surface area contributed by atoms with E-state index in [4.69, 9.17) is 10.5 Å². The number of aromatic nitrogens is 2. The number of benzene rings is 2. The molecular formula is C27H30N4O2. The average Bonchev–Trinajstić information content (AvgIpc) is 3.27. The van der Waals surface area contributed by atoms with Gasteiger partial charge < -0.3 is 19.9 Å². The lowest BCUT2D eigenvalue weighted by Crippen LogP contribution is -2.49. The van der Waals surface area contributed by atoms with E-state index in [1.54, 1.807) is 13.4 Å². The topological polar surface area (TPSA) is 73.4 Å². The van der Waals surface area contributed by atoms with Crippen molar-refractivity contribution in [2.24, 2.45) is 0 Å². The van der Waals surface area contributed by atoms with Crippen LogP contribution >= 0.6 is 0 Å². The van der Waals surface area contributed by atoms with Gasteiger partial charge in [0.25, 0.3) is 5.91 Å². The van der Waals surface area contributed by atoms with Crippen LogP contribution in [0.4, 0.5) is 5.69 Å². The Morgan fingerprint density at radius 1 is 1.12 bits per heavy atom.